The van der Waals surface area contributed by atoms with Gasteiger partial charge in [-0.1, -0.05) is 35.3 Å². The lowest BCUT2D eigenvalue weighted by Crippen LogP contribution is -2.71. The van der Waals surface area contributed by atoms with Crippen molar-refractivity contribution in [3.63, 3.8) is 0 Å². The average Bonchev–Trinajstić information content (AvgIpc) is 2.73. The van der Waals surface area contributed by atoms with Gasteiger partial charge < -0.3 is 20.1 Å². The van der Waals surface area contributed by atoms with Gasteiger partial charge in [0.25, 0.3) is 12.3 Å². The van der Waals surface area contributed by atoms with Crippen LogP contribution in [0.1, 0.15) is 18.5 Å². The van der Waals surface area contributed by atoms with E-state index in [1.165, 1.54) is 31.2 Å². The van der Waals surface area contributed by atoms with Crippen molar-refractivity contribution >= 4 is 35.0 Å². The number of benzene rings is 2. The van der Waals surface area contributed by atoms with E-state index in [1.807, 2.05) is 0 Å². The second-order valence-electron chi connectivity index (χ2n) is 7.92. The van der Waals surface area contributed by atoms with Crippen LogP contribution in [0.25, 0.3) is 11.1 Å². The summed E-state index contributed by atoms with van der Waals surface area (Å²) >= 11 is 12.1. The van der Waals surface area contributed by atoms with Crippen molar-refractivity contribution < 1.29 is 45.4 Å². The van der Waals surface area contributed by atoms with Crippen molar-refractivity contribution in [1.82, 2.24) is 10.6 Å². The zero-order chi connectivity index (χ0) is 26.8. The lowest BCUT2D eigenvalue weighted by Gasteiger charge is -2.41. The Morgan fingerprint density at radius 2 is 1.83 bits per heavy atom. The van der Waals surface area contributed by atoms with E-state index in [1.54, 1.807) is 5.32 Å². The normalized spacial score (nSPS) is 15.7. The average molecular weight is 559 g/mol. The van der Waals surface area contributed by atoms with Gasteiger partial charge in [0.2, 0.25) is 0 Å². The Kier molecular flexibility index (Phi) is 8.31. The Hall–Kier alpha value is -2.70. The quantitative estimate of drug-likeness (QED) is 0.444. The fourth-order valence-electron chi connectivity index (χ4n) is 3.38. The Bertz CT molecular complexity index is 1160. The molecule has 0 spiro atoms. The molecule has 2 amide bonds. The highest BCUT2D eigenvalue weighted by atomic mass is 35.5. The second kappa shape index (κ2) is 10.7. The molecule has 0 radical (unpaired) electrons. The third kappa shape index (κ3) is 6.16. The first-order valence-electron chi connectivity index (χ1n) is 10.2. The molecule has 36 heavy (non-hydrogen) atoms. The molecule has 0 saturated carbocycles. The number of nitrogens with one attached hydrogen (secondary N) is 2. The number of carbonyl (C=O) groups is 2. The lowest BCUT2D eigenvalue weighted by atomic mass is 9.94. The Labute approximate surface area is 210 Å². The monoisotopic (exact) mass is 558 g/mol. The van der Waals surface area contributed by atoms with E-state index in [-0.39, 0.29) is 32.5 Å². The molecule has 3 rings (SSSR count). The molecule has 0 bridgehead atoms. The zero-order valence-corrected chi connectivity index (χ0v) is 19.8. The van der Waals surface area contributed by atoms with Crippen LogP contribution in [0.5, 0.6) is 5.75 Å². The van der Waals surface area contributed by atoms with Crippen LogP contribution >= 0.6 is 23.2 Å². The van der Waals surface area contributed by atoms with E-state index >= 15 is 4.39 Å². The van der Waals surface area contributed by atoms with Gasteiger partial charge in [0.05, 0.1) is 24.3 Å². The first-order chi connectivity index (χ1) is 16.7. The largest absolute Gasteiger partial charge is 0.485 e. The molecule has 1 atom stereocenters. The zero-order valence-electron chi connectivity index (χ0n) is 18.3. The van der Waals surface area contributed by atoms with Gasteiger partial charge in [-0.15, -0.1) is 0 Å². The highest BCUT2D eigenvalue weighted by Crippen LogP contribution is 2.40. The molecule has 2 aromatic rings. The molecule has 1 heterocycles. The van der Waals surface area contributed by atoms with Crippen LogP contribution in [-0.4, -0.2) is 49.8 Å². The minimum Gasteiger partial charge on any atom is -0.485 e. The Morgan fingerprint density at radius 1 is 1.17 bits per heavy atom. The molecule has 14 heteroatoms. The molecule has 6 nitrogen and oxygen atoms in total. The summed E-state index contributed by atoms with van der Waals surface area (Å²) in [6, 6.07) is 5.28. The minimum atomic E-state index is -5.21. The van der Waals surface area contributed by atoms with Crippen LogP contribution in [0.4, 0.5) is 26.3 Å². The fourth-order valence-corrected chi connectivity index (χ4v) is 3.93. The summed E-state index contributed by atoms with van der Waals surface area (Å²) in [6.45, 7) is -0.575. The van der Waals surface area contributed by atoms with Gasteiger partial charge in [-0.05, 0) is 30.7 Å². The number of amides is 2. The predicted octanol–water partition coefficient (Wildman–Crippen LogP) is 5.07. The molecule has 0 aromatic heterocycles. The summed E-state index contributed by atoms with van der Waals surface area (Å²) < 4.78 is 88.1. The predicted molar refractivity (Wildman–Crippen MR) is 118 cm³/mol. The van der Waals surface area contributed by atoms with Crippen LogP contribution in [0.2, 0.25) is 10.0 Å². The summed E-state index contributed by atoms with van der Waals surface area (Å²) in [5, 5.41) is 4.05. The van der Waals surface area contributed by atoms with Crippen molar-refractivity contribution in [3.8, 4) is 16.9 Å². The SMILES string of the molecule is CC(NC(=O)C1(NC(=O)C(F)(F)F)COC1)c1ccc(-c2cc(Cl)cc(Cl)c2OCC(F)F)cc1F. The van der Waals surface area contributed by atoms with E-state index in [2.05, 4.69) is 5.32 Å². The molecule has 2 aromatic carbocycles. The molecular weight excluding hydrogens is 541 g/mol. The summed E-state index contributed by atoms with van der Waals surface area (Å²) in [6.07, 6.45) is -8.00. The highest BCUT2D eigenvalue weighted by molar-refractivity contribution is 6.36. The Balaban J connectivity index is 1.82. The number of ether oxygens (including phenoxy) is 2. The molecule has 0 aliphatic carbocycles. The summed E-state index contributed by atoms with van der Waals surface area (Å²) in [5.74, 6) is -4.28. The van der Waals surface area contributed by atoms with Crippen LogP contribution in [0, 0.1) is 5.82 Å². The van der Waals surface area contributed by atoms with Crippen LogP contribution in [0.3, 0.4) is 0 Å². The van der Waals surface area contributed by atoms with E-state index in [9.17, 15) is 31.5 Å². The number of carbonyl (C=O) groups excluding carboxylic acids is 2. The van der Waals surface area contributed by atoms with Crippen LogP contribution in [0.15, 0.2) is 30.3 Å². The van der Waals surface area contributed by atoms with E-state index < -0.39 is 61.6 Å². The minimum absolute atomic E-state index is 0.0483. The third-order valence-electron chi connectivity index (χ3n) is 5.23. The first kappa shape index (κ1) is 27.9. The summed E-state index contributed by atoms with van der Waals surface area (Å²) in [7, 11) is 0. The highest BCUT2D eigenvalue weighted by Gasteiger charge is 2.52. The van der Waals surface area contributed by atoms with Gasteiger partial charge in [-0.25, -0.2) is 13.2 Å². The number of alkyl halides is 5. The van der Waals surface area contributed by atoms with E-state index in [0.717, 1.165) is 6.07 Å². The van der Waals surface area contributed by atoms with Crippen molar-refractivity contribution in [3.05, 3.63) is 51.8 Å². The molecule has 1 saturated heterocycles. The smallest absolute Gasteiger partial charge is 0.471 e. The van der Waals surface area contributed by atoms with Crippen molar-refractivity contribution in [2.75, 3.05) is 19.8 Å². The standard InChI is InChI=1S/C22H18Cl2F6N2O4/c1-10(31-19(33)21(8-35-9-21)32-20(34)22(28,29)30)13-3-2-11(4-16(13)25)14-5-12(23)6-15(24)18(14)36-7-17(26)27/h2-6,10,17H,7-9H2,1H3,(H,31,33)(H,32,34). The van der Waals surface area contributed by atoms with Gasteiger partial charge in [0, 0.05) is 16.1 Å². The van der Waals surface area contributed by atoms with Gasteiger partial charge in [-0.2, -0.15) is 13.2 Å². The van der Waals surface area contributed by atoms with E-state index in [4.69, 9.17) is 32.7 Å². The molecule has 1 fully saturated rings. The number of halogens is 8. The maximum absolute atomic E-state index is 15.0. The molecular formula is C22H18Cl2F6N2O4. The number of hydrogen-bond acceptors (Lipinski definition) is 4. The van der Waals surface area contributed by atoms with E-state index in [0.29, 0.717) is 0 Å². The Morgan fingerprint density at radius 3 is 2.36 bits per heavy atom. The lowest BCUT2D eigenvalue weighted by molar-refractivity contribution is -0.184. The maximum Gasteiger partial charge on any atom is 0.471 e. The number of rotatable bonds is 8. The van der Waals surface area contributed by atoms with Gasteiger partial charge >= 0.3 is 12.1 Å². The molecule has 1 unspecified atom stereocenters. The summed E-state index contributed by atoms with van der Waals surface area (Å²) in [4.78, 5) is 24.0. The molecule has 2 N–H and O–H groups in total. The molecule has 196 valence electrons. The van der Waals surface area contributed by atoms with Crippen molar-refractivity contribution in [2.24, 2.45) is 0 Å². The summed E-state index contributed by atoms with van der Waals surface area (Å²) in [5.41, 5.74) is -1.69. The fraction of sp³-hybridized carbons (Fsp3) is 0.364. The number of hydrogen-bond donors (Lipinski definition) is 2. The molecule has 1 aliphatic heterocycles. The maximum atomic E-state index is 15.0. The van der Waals surface area contributed by atoms with Crippen molar-refractivity contribution in [2.45, 2.75) is 31.1 Å². The van der Waals surface area contributed by atoms with Crippen molar-refractivity contribution in [1.29, 1.82) is 0 Å². The van der Waals surface area contributed by atoms with Gasteiger partial charge in [-0.3, -0.25) is 9.59 Å². The topological polar surface area (TPSA) is 76.7 Å². The third-order valence-corrected chi connectivity index (χ3v) is 5.73. The first-order valence-corrected chi connectivity index (χ1v) is 11.0. The second-order valence-corrected chi connectivity index (χ2v) is 8.77. The van der Waals surface area contributed by atoms with Crippen LogP contribution < -0.4 is 15.4 Å². The molecule has 1 aliphatic rings. The van der Waals surface area contributed by atoms with Crippen LogP contribution in [-0.2, 0) is 14.3 Å². The van der Waals surface area contributed by atoms with Gasteiger partial charge in [0.1, 0.15) is 18.2 Å². The van der Waals surface area contributed by atoms with Gasteiger partial charge in [0.15, 0.2) is 5.54 Å².